The summed E-state index contributed by atoms with van der Waals surface area (Å²) < 4.78 is 11.2. The van der Waals surface area contributed by atoms with Crippen molar-refractivity contribution < 1.29 is 13.9 Å². The van der Waals surface area contributed by atoms with Crippen molar-refractivity contribution in [2.24, 2.45) is 0 Å². The number of likely N-dealkylation sites (tertiary alicyclic amines) is 1. The molecule has 1 amide bonds. The average molecular weight is 300 g/mol. The highest BCUT2D eigenvalue weighted by Gasteiger charge is 2.26. The molecule has 1 saturated heterocycles. The molecule has 0 N–H and O–H groups in total. The molecule has 1 fully saturated rings. The number of pyridine rings is 1. The van der Waals surface area contributed by atoms with Crippen LogP contribution in [0.1, 0.15) is 34.5 Å². The lowest BCUT2D eigenvalue weighted by molar-refractivity contribution is -0.00686. The Morgan fingerprint density at radius 1 is 1.50 bits per heavy atom. The molecule has 2 aromatic heterocycles. The summed E-state index contributed by atoms with van der Waals surface area (Å²) in [4.78, 5) is 18.4. The Morgan fingerprint density at radius 3 is 3.14 bits per heavy atom. The molecule has 1 aliphatic heterocycles. The Kier molecular flexibility index (Phi) is 4.53. The maximum Gasteiger partial charge on any atom is 0.257 e. The summed E-state index contributed by atoms with van der Waals surface area (Å²) in [6, 6.07) is 5.63. The Labute approximate surface area is 129 Å². The first kappa shape index (κ1) is 14.8. The summed E-state index contributed by atoms with van der Waals surface area (Å²) in [5.74, 6) is 0.698. The van der Waals surface area contributed by atoms with Crippen molar-refractivity contribution >= 4 is 5.91 Å². The van der Waals surface area contributed by atoms with Crippen LogP contribution in [-0.4, -0.2) is 35.0 Å². The van der Waals surface area contributed by atoms with E-state index in [9.17, 15) is 4.79 Å². The van der Waals surface area contributed by atoms with E-state index in [1.807, 2.05) is 24.0 Å². The van der Waals surface area contributed by atoms with Gasteiger partial charge in [-0.25, -0.2) is 0 Å². The van der Waals surface area contributed by atoms with Gasteiger partial charge in [0.05, 0.1) is 24.5 Å². The topological polar surface area (TPSA) is 55.6 Å². The maximum atomic E-state index is 12.5. The molecule has 0 bridgehead atoms. The van der Waals surface area contributed by atoms with Gasteiger partial charge < -0.3 is 14.1 Å². The summed E-state index contributed by atoms with van der Waals surface area (Å²) in [6.07, 6.45) is 7.13. The molecule has 1 aliphatic rings. The first-order valence-corrected chi connectivity index (χ1v) is 7.58. The van der Waals surface area contributed by atoms with Crippen molar-refractivity contribution in [2.45, 2.75) is 32.5 Å². The van der Waals surface area contributed by atoms with E-state index < -0.39 is 0 Å². The van der Waals surface area contributed by atoms with Crippen LogP contribution in [-0.2, 0) is 11.3 Å². The highest BCUT2D eigenvalue weighted by atomic mass is 16.5. The van der Waals surface area contributed by atoms with Crippen molar-refractivity contribution in [2.75, 3.05) is 13.1 Å². The summed E-state index contributed by atoms with van der Waals surface area (Å²) in [5.41, 5.74) is 1.70. The first-order chi connectivity index (χ1) is 10.7. The zero-order valence-corrected chi connectivity index (χ0v) is 12.7. The van der Waals surface area contributed by atoms with Crippen LogP contribution in [0.25, 0.3) is 0 Å². The number of carbonyl (C=O) groups excluding carboxylic acids is 1. The third kappa shape index (κ3) is 3.36. The number of aryl methyl sites for hydroxylation is 1. The number of piperidine rings is 1. The predicted octanol–water partition coefficient (Wildman–Crippen LogP) is 2.80. The van der Waals surface area contributed by atoms with Gasteiger partial charge >= 0.3 is 0 Å². The fourth-order valence-corrected chi connectivity index (χ4v) is 2.73. The lowest BCUT2D eigenvalue weighted by Gasteiger charge is -2.32. The van der Waals surface area contributed by atoms with E-state index in [2.05, 4.69) is 4.98 Å². The predicted molar refractivity (Wildman–Crippen MR) is 81.4 cm³/mol. The largest absolute Gasteiger partial charge is 0.469 e. The number of hydrogen-bond donors (Lipinski definition) is 0. The van der Waals surface area contributed by atoms with Crippen LogP contribution in [0.5, 0.6) is 0 Å². The van der Waals surface area contributed by atoms with Gasteiger partial charge in [-0.1, -0.05) is 6.07 Å². The molecule has 116 valence electrons. The smallest absolute Gasteiger partial charge is 0.257 e. The van der Waals surface area contributed by atoms with Crippen LogP contribution >= 0.6 is 0 Å². The minimum absolute atomic E-state index is 0.0286. The molecule has 22 heavy (non-hydrogen) atoms. The van der Waals surface area contributed by atoms with Gasteiger partial charge in [0.15, 0.2) is 0 Å². The number of aromatic nitrogens is 1. The molecule has 0 saturated carbocycles. The van der Waals surface area contributed by atoms with Crippen molar-refractivity contribution in [1.82, 2.24) is 9.88 Å². The molecule has 0 aromatic carbocycles. The van der Waals surface area contributed by atoms with Gasteiger partial charge in [0.1, 0.15) is 5.76 Å². The number of furan rings is 1. The minimum Gasteiger partial charge on any atom is -0.469 e. The maximum absolute atomic E-state index is 12.5. The van der Waals surface area contributed by atoms with Gasteiger partial charge in [0.25, 0.3) is 5.91 Å². The van der Waals surface area contributed by atoms with E-state index in [0.717, 1.165) is 24.9 Å². The molecule has 3 rings (SSSR count). The number of rotatable bonds is 4. The molecule has 0 aliphatic carbocycles. The van der Waals surface area contributed by atoms with Crippen LogP contribution in [0.3, 0.4) is 0 Å². The Hall–Kier alpha value is -2.14. The van der Waals surface area contributed by atoms with E-state index in [-0.39, 0.29) is 12.0 Å². The van der Waals surface area contributed by atoms with Crippen molar-refractivity contribution in [3.63, 3.8) is 0 Å². The van der Waals surface area contributed by atoms with Crippen LogP contribution in [0.4, 0.5) is 0 Å². The zero-order valence-electron chi connectivity index (χ0n) is 12.7. The van der Waals surface area contributed by atoms with Gasteiger partial charge in [-0.3, -0.25) is 9.78 Å². The van der Waals surface area contributed by atoms with E-state index in [1.54, 1.807) is 24.7 Å². The summed E-state index contributed by atoms with van der Waals surface area (Å²) in [7, 11) is 0. The van der Waals surface area contributed by atoms with E-state index >= 15 is 0 Å². The monoisotopic (exact) mass is 300 g/mol. The van der Waals surface area contributed by atoms with E-state index in [4.69, 9.17) is 9.15 Å². The summed E-state index contributed by atoms with van der Waals surface area (Å²) >= 11 is 0. The highest BCUT2D eigenvalue weighted by Crippen LogP contribution is 2.19. The number of nitrogens with zero attached hydrogens (tertiary/aromatic N) is 2. The van der Waals surface area contributed by atoms with E-state index in [1.165, 1.54) is 0 Å². The van der Waals surface area contributed by atoms with Gasteiger partial charge in [-0.05, 0) is 37.5 Å². The normalized spacial score (nSPS) is 18.4. The van der Waals surface area contributed by atoms with Crippen molar-refractivity contribution in [3.8, 4) is 0 Å². The fourth-order valence-electron chi connectivity index (χ4n) is 2.73. The SMILES string of the molecule is Cc1occc1C(=O)N1CCC[C@H](OCc2cccnc2)C1. The number of carbonyl (C=O) groups is 1. The Balaban J connectivity index is 1.57. The second kappa shape index (κ2) is 6.75. The van der Waals surface area contributed by atoms with Crippen LogP contribution in [0, 0.1) is 6.92 Å². The van der Waals surface area contributed by atoms with Gasteiger partial charge in [0, 0.05) is 25.5 Å². The minimum atomic E-state index is 0.0286. The third-order valence-corrected chi connectivity index (χ3v) is 3.96. The number of ether oxygens (including phenoxy) is 1. The summed E-state index contributed by atoms with van der Waals surface area (Å²) in [5, 5.41) is 0. The van der Waals surface area contributed by atoms with Crippen molar-refractivity contribution in [3.05, 3.63) is 53.7 Å². The van der Waals surface area contributed by atoms with Crippen LogP contribution in [0.2, 0.25) is 0 Å². The molecular weight excluding hydrogens is 280 g/mol. The van der Waals surface area contributed by atoms with Gasteiger partial charge in [-0.2, -0.15) is 0 Å². The van der Waals surface area contributed by atoms with Crippen molar-refractivity contribution in [1.29, 1.82) is 0 Å². The van der Waals surface area contributed by atoms with E-state index in [0.29, 0.717) is 24.5 Å². The van der Waals surface area contributed by atoms with Gasteiger partial charge in [-0.15, -0.1) is 0 Å². The lowest BCUT2D eigenvalue weighted by atomic mass is 10.1. The van der Waals surface area contributed by atoms with Crippen LogP contribution < -0.4 is 0 Å². The number of amides is 1. The molecule has 0 spiro atoms. The van der Waals surface area contributed by atoms with Gasteiger partial charge in [0.2, 0.25) is 0 Å². The Morgan fingerprint density at radius 2 is 2.41 bits per heavy atom. The standard InChI is InChI=1S/C17H20N2O3/c1-13-16(6-9-21-13)17(20)19-8-3-5-15(11-19)22-12-14-4-2-7-18-10-14/h2,4,6-7,9-10,15H,3,5,8,11-12H2,1H3/t15-/m0/s1. The molecule has 5 nitrogen and oxygen atoms in total. The van der Waals surface area contributed by atoms with Crippen LogP contribution in [0.15, 0.2) is 41.3 Å². The second-order valence-electron chi connectivity index (χ2n) is 5.58. The molecule has 1 atom stereocenters. The fraction of sp³-hybridized carbons (Fsp3) is 0.412. The molecule has 3 heterocycles. The quantitative estimate of drug-likeness (QED) is 0.871. The first-order valence-electron chi connectivity index (χ1n) is 7.58. The zero-order chi connectivity index (χ0) is 15.4. The average Bonchev–Trinajstić information content (AvgIpc) is 2.99. The molecular formula is C17H20N2O3. The highest BCUT2D eigenvalue weighted by molar-refractivity contribution is 5.95. The number of hydrogen-bond acceptors (Lipinski definition) is 4. The third-order valence-electron chi connectivity index (χ3n) is 3.96. The Bertz CT molecular complexity index is 624. The molecule has 2 aromatic rings. The summed E-state index contributed by atoms with van der Waals surface area (Å²) in [6.45, 7) is 3.75. The lowest BCUT2D eigenvalue weighted by Crippen LogP contribution is -2.43. The molecule has 0 radical (unpaired) electrons. The molecule has 5 heteroatoms. The second-order valence-corrected chi connectivity index (χ2v) is 5.58. The molecule has 0 unspecified atom stereocenters.